The molecule has 8 heteroatoms. The summed E-state index contributed by atoms with van der Waals surface area (Å²) in [6.45, 7) is 3.35. The number of aliphatic hydroxyl groups excluding tert-OH is 3. The van der Waals surface area contributed by atoms with E-state index in [1.807, 2.05) is 0 Å². The average Bonchev–Trinajstić information content (AvgIpc) is 2.95. The molecule has 0 radical (unpaired) electrons. The zero-order valence-corrected chi connectivity index (χ0v) is 13.9. The van der Waals surface area contributed by atoms with Gasteiger partial charge in [0.25, 0.3) is 0 Å². The Kier molecular flexibility index (Phi) is 3.26. The molecule has 8 nitrogen and oxygen atoms in total. The molecule has 4 aliphatic rings. The Bertz CT molecular complexity index is 582. The number of hydrogen-bond donors (Lipinski definition) is 4. The van der Waals surface area contributed by atoms with Crippen LogP contribution in [0.5, 0.6) is 0 Å². The van der Waals surface area contributed by atoms with Crippen LogP contribution in [0.1, 0.15) is 20.3 Å². The molecule has 10 unspecified atom stereocenters. The van der Waals surface area contributed by atoms with Gasteiger partial charge in [0.15, 0.2) is 6.29 Å². The first-order chi connectivity index (χ1) is 11.2. The number of rotatable bonds is 1. The van der Waals surface area contributed by atoms with Crippen LogP contribution in [0, 0.1) is 22.7 Å². The van der Waals surface area contributed by atoms with Gasteiger partial charge in [-0.3, -0.25) is 4.79 Å². The average molecular weight is 344 g/mol. The maximum atomic E-state index is 12.8. The largest absolute Gasteiger partial charge is 0.461 e. The lowest BCUT2D eigenvalue weighted by molar-refractivity contribution is -0.340. The molecule has 0 amide bonds. The molecule has 0 aromatic rings. The topological polar surface area (TPSA) is 126 Å². The Morgan fingerprint density at radius 2 is 1.92 bits per heavy atom. The van der Waals surface area contributed by atoms with Crippen molar-refractivity contribution in [2.75, 3.05) is 13.7 Å². The monoisotopic (exact) mass is 344 g/mol. The van der Waals surface area contributed by atoms with Crippen LogP contribution in [0.2, 0.25) is 0 Å². The third kappa shape index (κ3) is 1.38. The lowest BCUT2D eigenvalue weighted by Crippen LogP contribution is -2.76. The van der Waals surface area contributed by atoms with Crippen LogP contribution < -0.4 is 0 Å². The molecule has 1 spiro atoms. The number of carbonyl (C=O) groups excluding carboxylic acids is 1. The van der Waals surface area contributed by atoms with Gasteiger partial charge in [0.05, 0.1) is 12.7 Å². The van der Waals surface area contributed by atoms with E-state index < -0.39 is 64.9 Å². The quantitative estimate of drug-likeness (QED) is 0.419. The molecule has 4 rings (SSSR count). The maximum Gasteiger partial charge on any atom is 0.315 e. The zero-order chi connectivity index (χ0) is 17.7. The number of aliphatic hydroxyl groups is 4. The van der Waals surface area contributed by atoms with E-state index in [0.717, 1.165) is 0 Å². The number of carbonyl (C=O) groups is 1. The second-order valence-electron chi connectivity index (χ2n) is 7.88. The molecule has 2 bridgehead atoms. The Labute approximate surface area is 139 Å². The molecule has 4 fully saturated rings. The van der Waals surface area contributed by atoms with Crippen LogP contribution in [0.15, 0.2) is 0 Å². The molecule has 0 aromatic heterocycles. The summed E-state index contributed by atoms with van der Waals surface area (Å²) in [7, 11) is 1.37. The molecule has 2 saturated carbocycles. The molecule has 0 aromatic carbocycles. The minimum Gasteiger partial charge on any atom is -0.461 e. The lowest BCUT2D eigenvalue weighted by atomic mass is 9.46. The fourth-order valence-electron chi connectivity index (χ4n) is 5.98. The van der Waals surface area contributed by atoms with Gasteiger partial charge in [0.2, 0.25) is 0 Å². The van der Waals surface area contributed by atoms with E-state index in [9.17, 15) is 25.2 Å². The summed E-state index contributed by atoms with van der Waals surface area (Å²) in [4.78, 5) is 12.8. The Balaban J connectivity index is 1.96. The van der Waals surface area contributed by atoms with Crippen molar-refractivity contribution >= 4 is 5.97 Å². The van der Waals surface area contributed by atoms with Crippen molar-refractivity contribution in [1.82, 2.24) is 0 Å². The highest BCUT2D eigenvalue weighted by atomic mass is 16.7. The van der Waals surface area contributed by atoms with Crippen molar-refractivity contribution in [2.45, 2.75) is 56.6 Å². The van der Waals surface area contributed by atoms with Crippen molar-refractivity contribution < 1.29 is 39.4 Å². The van der Waals surface area contributed by atoms with E-state index >= 15 is 0 Å². The molecule has 24 heavy (non-hydrogen) atoms. The number of ether oxygens (including phenoxy) is 3. The highest BCUT2D eigenvalue weighted by Crippen LogP contribution is 2.71. The number of fused-ring (bicyclic) bond motifs is 4. The summed E-state index contributed by atoms with van der Waals surface area (Å²) < 4.78 is 16.2. The number of hydrogen-bond acceptors (Lipinski definition) is 8. The number of esters is 1. The molecular weight excluding hydrogens is 320 g/mol. The van der Waals surface area contributed by atoms with Gasteiger partial charge in [-0.15, -0.1) is 0 Å². The second kappa shape index (κ2) is 4.69. The van der Waals surface area contributed by atoms with Crippen LogP contribution >= 0.6 is 0 Å². The SMILES string of the molecule is COC1OCC2C3CC4(C(=O)O3)C(C)C(O)C(O)C4(O)C2(C)C1O. The van der Waals surface area contributed by atoms with Crippen molar-refractivity contribution in [2.24, 2.45) is 22.7 Å². The first kappa shape index (κ1) is 16.7. The van der Waals surface area contributed by atoms with Crippen LogP contribution in [-0.2, 0) is 19.0 Å². The summed E-state index contributed by atoms with van der Waals surface area (Å²) in [6, 6.07) is 0. The van der Waals surface area contributed by atoms with E-state index in [2.05, 4.69) is 0 Å². The van der Waals surface area contributed by atoms with Crippen LogP contribution in [0.25, 0.3) is 0 Å². The summed E-state index contributed by atoms with van der Waals surface area (Å²) in [6.07, 6.45) is -5.54. The molecule has 2 aliphatic heterocycles. The first-order valence-corrected chi connectivity index (χ1v) is 8.30. The molecule has 2 aliphatic carbocycles. The van der Waals surface area contributed by atoms with Gasteiger partial charge in [-0.25, -0.2) is 0 Å². The lowest BCUT2D eigenvalue weighted by Gasteiger charge is -2.61. The van der Waals surface area contributed by atoms with Gasteiger partial charge in [0.1, 0.15) is 29.3 Å². The van der Waals surface area contributed by atoms with Crippen LogP contribution in [-0.4, -0.2) is 76.4 Å². The molecule has 2 heterocycles. The first-order valence-electron chi connectivity index (χ1n) is 8.30. The predicted molar refractivity (Wildman–Crippen MR) is 77.4 cm³/mol. The van der Waals surface area contributed by atoms with Crippen molar-refractivity contribution in [3.05, 3.63) is 0 Å². The molecule has 4 N–H and O–H groups in total. The van der Waals surface area contributed by atoms with Crippen molar-refractivity contribution in [3.8, 4) is 0 Å². The Morgan fingerprint density at radius 1 is 1.25 bits per heavy atom. The highest BCUT2D eigenvalue weighted by molar-refractivity contribution is 5.83. The Hall–Kier alpha value is -0.770. The minimum atomic E-state index is -2.05. The van der Waals surface area contributed by atoms with Crippen LogP contribution in [0.4, 0.5) is 0 Å². The molecule has 2 saturated heterocycles. The molecular formula is C16H24O8. The van der Waals surface area contributed by atoms with Gasteiger partial charge in [0, 0.05) is 30.8 Å². The third-order valence-corrected chi connectivity index (χ3v) is 7.45. The van der Waals surface area contributed by atoms with Crippen molar-refractivity contribution in [3.63, 3.8) is 0 Å². The standard InChI is InChI=1S/C16H24O8/c1-6-9(17)10(18)16(21)14(2)7(5-23-12(22-3)11(14)19)8-4-15(6,16)13(20)24-8/h6-12,17-19,21H,4-5H2,1-3H3. The third-order valence-electron chi connectivity index (χ3n) is 7.45. The molecule has 136 valence electrons. The van der Waals surface area contributed by atoms with E-state index in [1.54, 1.807) is 13.8 Å². The van der Waals surface area contributed by atoms with Crippen molar-refractivity contribution in [1.29, 1.82) is 0 Å². The van der Waals surface area contributed by atoms with Gasteiger partial charge in [-0.2, -0.15) is 0 Å². The Morgan fingerprint density at radius 3 is 2.54 bits per heavy atom. The maximum absolute atomic E-state index is 12.8. The molecule has 10 atom stereocenters. The fourth-order valence-corrected chi connectivity index (χ4v) is 5.98. The summed E-state index contributed by atoms with van der Waals surface area (Å²) in [5.41, 5.74) is -4.85. The van der Waals surface area contributed by atoms with E-state index in [1.165, 1.54) is 7.11 Å². The van der Waals surface area contributed by atoms with Gasteiger partial charge in [-0.05, 0) is 0 Å². The van der Waals surface area contributed by atoms with Gasteiger partial charge < -0.3 is 34.6 Å². The van der Waals surface area contributed by atoms with Gasteiger partial charge >= 0.3 is 5.97 Å². The van der Waals surface area contributed by atoms with E-state index in [4.69, 9.17) is 14.2 Å². The van der Waals surface area contributed by atoms with E-state index in [0.29, 0.717) is 0 Å². The summed E-state index contributed by atoms with van der Waals surface area (Å²) in [5.74, 6) is -1.85. The highest BCUT2D eigenvalue weighted by Gasteiger charge is 2.86. The zero-order valence-electron chi connectivity index (χ0n) is 13.9. The van der Waals surface area contributed by atoms with Gasteiger partial charge in [-0.1, -0.05) is 13.8 Å². The summed E-state index contributed by atoms with van der Waals surface area (Å²) in [5, 5.41) is 43.8. The fraction of sp³-hybridized carbons (Fsp3) is 0.938. The minimum absolute atomic E-state index is 0.111. The normalized spacial score (nSPS) is 62.1. The smallest absolute Gasteiger partial charge is 0.315 e. The second-order valence-corrected chi connectivity index (χ2v) is 7.88. The van der Waals surface area contributed by atoms with E-state index in [-0.39, 0.29) is 13.0 Å². The van der Waals surface area contributed by atoms with Crippen LogP contribution in [0.3, 0.4) is 0 Å². The predicted octanol–water partition coefficient (Wildman–Crippen LogP) is -1.61. The summed E-state index contributed by atoms with van der Waals surface area (Å²) >= 11 is 0. The number of methoxy groups -OCH3 is 1.